The van der Waals surface area contributed by atoms with E-state index in [0.717, 1.165) is 0 Å². The van der Waals surface area contributed by atoms with Gasteiger partial charge in [0.1, 0.15) is 5.82 Å². The van der Waals surface area contributed by atoms with Gasteiger partial charge < -0.3 is 18.9 Å². The number of carbonyl (C=O) groups is 1. The van der Waals surface area contributed by atoms with Crippen molar-refractivity contribution in [3.63, 3.8) is 0 Å². The summed E-state index contributed by atoms with van der Waals surface area (Å²) in [6, 6.07) is 17.0. The minimum absolute atomic E-state index is 0.117. The Bertz CT molecular complexity index is 1530. The molecule has 0 saturated carbocycles. The Morgan fingerprint density at radius 3 is 2.77 bits per heavy atom. The van der Waals surface area contributed by atoms with Gasteiger partial charge in [-0.15, -0.1) is 0 Å². The van der Waals surface area contributed by atoms with Crippen LogP contribution >= 0.6 is 0 Å². The number of rotatable bonds is 6. The normalized spacial score (nSPS) is 12.3. The molecule has 0 bridgehead atoms. The Labute approximate surface area is 200 Å². The van der Waals surface area contributed by atoms with Crippen LogP contribution in [0.4, 0.5) is 0 Å². The number of carbonyl (C=O) groups excluding carboxylic acids is 1. The molecule has 0 amide bonds. The fraction of sp³-hybridized carbons (Fsp3) is 0.154. The molecule has 4 aromatic rings. The summed E-state index contributed by atoms with van der Waals surface area (Å²) in [5.74, 6) is 1.60. The van der Waals surface area contributed by atoms with Crippen molar-refractivity contribution in [1.29, 1.82) is 0 Å². The van der Waals surface area contributed by atoms with Crippen LogP contribution in [0.15, 0.2) is 70.6 Å². The molecule has 0 saturated heterocycles. The Balaban J connectivity index is 1.41. The molecule has 0 N–H and O–H groups in total. The number of esters is 1. The molecule has 9 heteroatoms. The Hall–Kier alpha value is -4.66. The molecule has 35 heavy (non-hydrogen) atoms. The molecule has 0 unspecified atom stereocenters. The minimum Gasteiger partial charge on any atom is -0.490 e. The van der Waals surface area contributed by atoms with Crippen LogP contribution in [0.1, 0.15) is 28.7 Å². The second kappa shape index (κ2) is 9.30. The van der Waals surface area contributed by atoms with E-state index in [0.29, 0.717) is 51.7 Å². The van der Waals surface area contributed by atoms with Gasteiger partial charge in [0.15, 0.2) is 23.0 Å². The first kappa shape index (κ1) is 22.1. The predicted molar refractivity (Wildman–Crippen MR) is 129 cm³/mol. The van der Waals surface area contributed by atoms with E-state index >= 15 is 0 Å². The number of hydrogen-bond acceptors (Lipinski definition) is 8. The Morgan fingerprint density at radius 2 is 1.91 bits per heavy atom. The average molecular weight is 471 g/mol. The third kappa shape index (κ3) is 4.43. The van der Waals surface area contributed by atoms with Gasteiger partial charge in [0, 0.05) is 0 Å². The number of aryl methyl sites for hydroxylation is 1. The number of nitrogens with zero attached hydrogens (tertiary/aromatic N) is 3. The second-order valence-electron chi connectivity index (χ2n) is 7.63. The molecule has 1 aromatic heterocycles. The maximum Gasteiger partial charge on any atom is 0.343 e. The van der Waals surface area contributed by atoms with Crippen LogP contribution in [-0.4, -0.2) is 35.2 Å². The topological polar surface area (TPSA) is 101 Å². The summed E-state index contributed by atoms with van der Waals surface area (Å²) in [6.07, 6.45) is 1.52. The number of benzene rings is 3. The van der Waals surface area contributed by atoms with Crippen LogP contribution < -0.4 is 24.5 Å². The molecule has 0 aliphatic carbocycles. The number of fused-ring (bicyclic) bond motifs is 2. The smallest absolute Gasteiger partial charge is 0.343 e. The monoisotopic (exact) mass is 471 g/mol. The highest BCUT2D eigenvalue weighted by molar-refractivity contribution is 5.92. The van der Waals surface area contributed by atoms with Gasteiger partial charge >= 0.3 is 5.97 Å². The highest BCUT2D eigenvalue weighted by atomic mass is 16.7. The largest absolute Gasteiger partial charge is 0.490 e. The highest BCUT2D eigenvalue weighted by Gasteiger charge is 2.19. The summed E-state index contributed by atoms with van der Waals surface area (Å²) in [7, 11) is 0. The average Bonchev–Trinajstić information content (AvgIpc) is 3.33. The van der Waals surface area contributed by atoms with Crippen molar-refractivity contribution in [2.24, 2.45) is 5.10 Å². The van der Waals surface area contributed by atoms with Crippen LogP contribution in [0.2, 0.25) is 0 Å². The summed E-state index contributed by atoms with van der Waals surface area (Å²) in [5, 5.41) is 4.81. The standard InChI is InChI=1S/C26H21N3O6/c1-3-32-23-12-17(14-27-29-16(2)28-20-7-5-4-6-19(20)25(29)30)8-10-22(23)35-26(31)18-9-11-21-24(13-18)34-15-33-21/h4-14H,3,15H2,1-2H3. The maximum atomic E-state index is 12.8. The number of ether oxygens (including phenoxy) is 4. The SMILES string of the molecule is CCOc1cc(C=Nn2c(C)nc3ccccc3c2=O)ccc1OC(=O)c1ccc2c(c1)OCO2. The molecule has 1 aliphatic rings. The predicted octanol–water partition coefficient (Wildman–Crippen LogP) is 3.93. The van der Waals surface area contributed by atoms with E-state index in [2.05, 4.69) is 10.1 Å². The molecular weight excluding hydrogens is 450 g/mol. The van der Waals surface area contributed by atoms with Crippen molar-refractivity contribution in [2.75, 3.05) is 13.4 Å². The number of hydrogen-bond donors (Lipinski definition) is 0. The van der Waals surface area contributed by atoms with Crippen molar-refractivity contribution >= 4 is 23.1 Å². The van der Waals surface area contributed by atoms with E-state index in [1.54, 1.807) is 61.5 Å². The molecule has 0 radical (unpaired) electrons. The number of para-hydroxylation sites is 1. The molecule has 2 heterocycles. The molecule has 0 spiro atoms. The lowest BCUT2D eigenvalue weighted by Crippen LogP contribution is -2.20. The first-order valence-corrected chi connectivity index (χ1v) is 10.9. The van der Waals surface area contributed by atoms with E-state index in [-0.39, 0.29) is 18.1 Å². The van der Waals surface area contributed by atoms with Gasteiger partial charge in [-0.2, -0.15) is 9.78 Å². The van der Waals surface area contributed by atoms with Gasteiger partial charge in [0.2, 0.25) is 6.79 Å². The molecule has 3 aromatic carbocycles. The van der Waals surface area contributed by atoms with Crippen LogP contribution in [0.25, 0.3) is 10.9 Å². The van der Waals surface area contributed by atoms with Crippen LogP contribution in [0.3, 0.4) is 0 Å². The molecule has 5 rings (SSSR count). The molecule has 9 nitrogen and oxygen atoms in total. The summed E-state index contributed by atoms with van der Waals surface area (Å²) in [5.41, 5.74) is 1.33. The lowest BCUT2D eigenvalue weighted by Gasteiger charge is -2.12. The first-order chi connectivity index (χ1) is 17.0. The van der Waals surface area contributed by atoms with Crippen molar-refractivity contribution < 1.29 is 23.7 Å². The minimum atomic E-state index is -0.560. The molecular formula is C26H21N3O6. The van der Waals surface area contributed by atoms with Crippen molar-refractivity contribution in [2.45, 2.75) is 13.8 Å². The molecule has 0 fully saturated rings. The van der Waals surface area contributed by atoms with E-state index in [4.69, 9.17) is 18.9 Å². The van der Waals surface area contributed by atoms with E-state index in [1.807, 2.05) is 13.0 Å². The van der Waals surface area contributed by atoms with Gasteiger partial charge in [0.25, 0.3) is 5.56 Å². The third-order valence-corrected chi connectivity index (χ3v) is 5.32. The first-order valence-electron chi connectivity index (χ1n) is 10.9. The number of aromatic nitrogens is 2. The van der Waals surface area contributed by atoms with Gasteiger partial charge in [-0.25, -0.2) is 9.78 Å². The van der Waals surface area contributed by atoms with Crippen molar-refractivity contribution in [3.8, 4) is 23.0 Å². The fourth-order valence-electron chi connectivity index (χ4n) is 3.63. The highest BCUT2D eigenvalue weighted by Crippen LogP contribution is 2.34. The quantitative estimate of drug-likeness (QED) is 0.239. The Morgan fingerprint density at radius 1 is 1.09 bits per heavy atom. The van der Waals surface area contributed by atoms with Crippen molar-refractivity contribution in [1.82, 2.24) is 9.66 Å². The van der Waals surface area contributed by atoms with Gasteiger partial charge in [-0.3, -0.25) is 4.79 Å². The van der Waals surface area contributed by atoms with Crippen LogP contribution in [0, 0.1) is 6.92 Å². The zero-order valence-corrected chi connectivity index (χ0v) is 19.1. The lowest BCUT2D eigenvalue weighted by molar-refractivity contribution is 0.0728. The van der Waals surface area contributed by atoms with Crippen LogP contribution in [0.5, 0.6) is 23.0 Å². The zero-order chi connectivity index (χ0) is 24.4. The Kier molecular flexibility index (Phi) is 5.88. The molecule has 1 aliphatic heterocycles. The summed E-state index contributed by atoms with van der Waals surface area (Å²) >= 11 is 0. The van der Waals surface area contributed by atoms with E-state index < -0.39 is 5.97 Å². The van der Waals surface area contributed by atoms with Gasteiger partial charge in [-0.05, 0) is 67.9 Å². The summed E-state index contributed by atoms with van der Waals surface area (Å²) in [6.45, 7) is 4.03. The maximum absolute atomic E-state index is 12.8. The van der Waals surface area contributed by atoms with E-state index in [9.17, 15) is 9.59 Å². The zero-order valence-electron chi connectivity index (χ0n) is 19.1. The summed E-state index contributed by atoms with van der Waals surface area (Å²) in [4.78, 5) is 30.0. The van der Waals surface area contributed by atoms with Gasteiger partial charge in [0.05, 0.1) is 29.3 Å². The van der Waals surface area contributed by atoms with Crippen molar-refractivity contribution in [3.05, 3.63) is 88.0 Å². The molecule has 176 valence electrons. The second-order valence-corrected chi connectivity index (χ2v) is 7.63. The fourth-order valence-corrected chi connectivity index (χ4v) is 3.63. The van der Waals surface area contributed by atoms with E-state index in [1.165, 1.54) is 10.9 Å². The third-order valence-electron chi connectivity index (χ3n) is 5.32. The van der Waals surface area contributed by atoms with Gasteiger partial charge in [-0.1, -0.05) is 12.1 Å². The summed E-state index contributed by atoms with van der Waals surface area (Å²) < 4.78 is 23.1. The lowest BCUT2D eigenvalue weighted by atomic mass is 10.2. The molecule has 0 atom stereocenters. The van der Waals surface area contributed by atoms with Crippen LogP contribution in [-0.2, 0) is 0 Å².